The second kappa shape index (κ2) is 6.76. The van der Waals surface area contributed by atoms with Crippen LogP contribution >= 0.6 is 0 Å². The fraction of sp³-hybridized carbons (Fsp3) is 0.130. The van der Waals surface area contributed by atoms with E-state index in [-0.39, 0.29) is 6.10 Å². The van der Waals surface area contributed by atoms with Gasteiger partial charge in [0.25, 0.3) is 0 Å². The van der Waals surface area contributed by atoms with E-state index in [4.69, 9.17) is 4.74 Å². The van der Waals surface area contributed by atoms with Gasteiger partial charge < -0.3 is 4.74 Å². The first kappa shape index (κ1) is 14.8. The van der Waals surface area contributed by atoms with Gasteiger partial charge in [-0.25, -0.2) is 0 Å². The average molecular weight is 312 g/mol. The van der Waals surface area contributed by atoms with Crippen molar-refractivity contribution >= 4 is 5.76 Å². The minimum Gasteiger partial charge on any atom is -0.485 e. The van der Waals surface area contributed by atoms with Crippen molar-refractivity contribution in [3.05, 3.63) is 114 Å². The summed E-state index contributed by atoms with van der Waals surface area (Å²) in [4.78, 5) is 0. The average Bonchev–Trinajstić information content (AvgIpc) is 2.70. The highest BCUT2D eigenvalue weighted by atomic mass is 16.5. The normalized spacial score (nSPS) is 20.1. The van der Waals surface area contributed by atoms with E-state index in [2.05, 4.69) is 91.0 Å². The van der Waals surface area contributed by atoms with Gasteiger partial charge in [-0.3, -0.25) is 0 Å². The molecular formula is C23H20O. The first-order valence-electron chi connectivity index (χ1n) is 8.44. The smallest absolute Gasteiger partial charge is 0.125 e. The summed E-state index contributed by atoms with van der Waals surface area (Å²) in [6.45, 7) is 0. The summed E-state index contributed by atoms with van der Waals surface area (Å²) in [5, 5.41) is 0. The molecule has 0 radical (unpaired) electrons. The molecule has 1 aliphatic rings. The lowest BCUT2D eigenvalue weighted by atomic mass is 9.87. The molecule has 0 bridgehead atoms. The maximum absolute atomic E-state index is 6.37. The lowest BCUT2D eigenvalue weighted by Gasteiger charge is -2.30. The molecule has 118 valence electrons. The molecule has 0 fully saturated rings. The number of benzene rings is 3. The van der Waals surface area contributed by atoms with Gasteiger partial charge in [-0.05, 0) is 23.6 Å². The third-order valence-corrected chi connectivity index (χ3v) is 4.55. The molecule has 1 nitrogen and oxygen atoms in total. The Morgan fingerprint density at radius 2 is 1.17 bits per heavy atom. The summed E-state index contributed by atoms with van der Waals surface area (Å²) in [7, 11) is 0. The summed E-state index contributed by atoms with van der Waals surface area (Å²) >= 11 is 0. The van der Waals surface area contributed by atoms with Gasteiger partial charge >= 0.3 is 0 Å². The van der Waals surface area contributed by atoms with Crippen molar-refractivity contribution in [3.63, 3.8) is 0 Å². The van der Waals surface area contributed by atoms with Gasteiger partial charge in [0, 0.05) is 11.5 Å². The number of hydrogen-bond donors (Lipinski definition) is 0. The van der Waals surface area contributed by atoms with Crippen LogP contribution in [-0.4, -0.2) is 0 Å². The Morgan fingerprint density at radius 3 is 1.79 bits per heavy atom. The molecule has 0 saturated heterocycles. The van der Waals surface area contributed by atoms with Crippen molar-refractivity contribution in [3.8, 4) is 0 Å². The SMILES string of the molecule is C1=C(c2ccccc2)OC(c2ccccc2)CC1c1ccccc1. The molecule has 0 saturated carbocycles. The fourth-order valence-corrected chi connectivity index (χ4v) is 3.29. The van der Waals surface area contributed by atoms with Crippen molar-refractivity contribution < 1.29 is 4.74 Å². The van der Waals surface area contributed by atoms with E-state index < -0.39 is 0 Å². The van der Waals surface area contributed by atoms with Crippen LogP contribution in [0.4, 0.5) is 0 Å². The highest BCUT2D eigenvalue weighted by Gasteiger charge is 2.26. The third-order valence-electron chi connectivity index (χ3n) is 4.55. The van der Waals surface area contributed by atoms with Gasteiger partial charge in [-0.15, -0.1) is 0 Å². The summed E-state index contributed by atoms with van der Waals surface area (Å²) in [5.41, 5.74) is 3.72. The molecule has 1 heterocycles. The molecular weight excluding hydrogens is 292 g/mol. The number of allylic oxidation sites excluding steroid dienone is 1. The molecule has 2 atom stereocenters. The zero-order valence-corrected chi connectivity index (χ0v) is 13.5. The summed E-state index contributed by atoms with van der Waals surface area (Å²) in [6.07, 6.45) is 3.31. The second-order valence-corrected chi connectivity index (χ2v) is 6.17. The van der Waals surface area contributed by atoms with E-state index in [1.54, 1.807) is 0 Å². The largest absolute Gasteiger partial charge is 0.485 e. The molecule has 4 rings (SSSR count). The van der Waals surface area contributed by atoms with E-state index in [0.717, 1.165) is 17.7 Å². The zero-order valence-electron chi connectivity index (χ0n) is 13.5. The standard InChI is InChI=1S/C23H20O/c1-4-10-18(11-5-1)21-16-22(19-12-6-2-7-13-19)24-23(17-21)20-14-8-3-9-15-20/h1-16,21,23H,17H2. The topological polar surface area (TPSA) is 9.23 Å². The van der Waals surface area contributed by atoms with E-state index in [1.807, 2.05) is 6.07 Å². The van der Waals surface area contributed by atoms with Crippen molar-refractivity contribution in [1.29, 1.82) is 0 Å². The Kier molecular flexibility index (Phi) is 4.16. The molecule has 24 heavy (non-hydrogen) atoms. The molecule has 0 amide bonds. The van der Waals surface area contributed by atoms with Crippen LogP contribution in [0.2, 0.25) is 0 Å². The van der Waals surface area contributed by atoms with Gasteiger partial charge in [0.1, 0.15) is 11.9 Å². The lowest BCUT2D eigenvalue weighted by Crippen LogP contribution is -2.14. The Morgan fingerprint density at radius 1 is 0.625 bits per heavy atom. The van der Waals surface area contributed by atoms with Crippen LogP contribution in [0.15, 0.2) is 97.1 Å². The van der Waals surface area contributed by atoms with Crippen molar-refractivity contribution in [2.45, 2.75) is 18.4 Å². The van der Waals surface area contributed by atoms with Crippen LogP contribution < -0.4 is 0 Å². The number of rotatable bonds is 3. The predicted molar refractivity (Wildman–Crippen MR) is 98.5 cm³/mol. The van der Waals surface area contributed by atoms with Crippen molar-refractivity contribution in [1.82, 2.24) is 0 Å². The maximum Gasteiger partial charge on any atom is 0.125 e. The Labute approximate surface area is 143 Å². The summed E-state index contributed by atoms with van der Waals surface area (Å²) < 4.78 is 6.37. The van der Waals surface area contributed by atoms with E-state index >= 15 is 0 Å². The monoisotopic (exact) mass is 312 g/mol. The maximum atomic E-state index is 6.37. The minimum absolute atomic E-state index is 0.0802. The Bertz CT molecular complexity index is 806. The molecule has 1 heteroatoms. The minimum atomic E-state index is 0.0802. The Balaban J connectivity index is 1.73. The van der Waals surface area contributed by atoms with Crippen LogP contribution in [0.25, 0.3) is 5.76 Å². The number of ether oxygens (including phenoxy) is 1. The second-order valence-electron chi connectivity index (χ2n) is 6.17. The highest BCUT2D eigenvalue weighted by molar-refractivity contribution is 5.62. The molecule has 0 spiro atoms. The van der Waals surface area contributed by atoms with Crippen LogP contribution in [-0.2, 0) is 4.74 Å². The third kappa shape index (κ3) is 3.11. The molecule has 3 aromatic carbocycles. The van der Waals surface area contributed by atoms with Crippen LogP contribution in [0.3, 0.4) is 0 Å². The summed E-state index contributed by atoms with van der Waals surface area (Å²) in [6, 6.07) is 31.6. The molecule has 0 aliphatic carbocycles. The van der Waals surface area contributed by atoms with Gasteiger partial charge in [0.2, 0.25) is 0 Å². The zero-order chi connectivity index (χ0) is 16.2. The molecule has 1 aliphatic heterocycles. The van der Waals surface area contributed by atoms with Crippen molar-refractivity contribution in [2.75, 3.05) is 0 Å². The predicted octanol–water partition coefficient (Wildman–Crippen LogP) is 5.97. The van der Waals surface area contributed by atoms with Crippen LogP contribution in [0.1, 0.15) is 35.1 Å². The summed E-state index contributed by atoms with van der Waals surface area (Å²) in [5.74, 6) is 1.34. The van der Waals surface area contributed by atoms with Crippen LogP contribution in [0.5, 0.6) is 0 Å². The van der Waals surface area contributed by atoms with Gasteiger partial charge in [0.15, 0.2) is 0 Å². The van der Waals surface area contributed by atoms with Gasteiger partial charge in [0.05, 0.1) is 0 Å². The molecule has 0 N–H and O–H groups in total. The van der Waals surface area contributed by atoms with Gasteiger partial charge in [-0.2, -0.15) is 0 Å². The highest BCUT2D eigenvalue weighted by Crippen LogP contribution is 2.41. The van der Waals surface area contributed by atoms with Crippen LogP contribution in [0, 0.1) is 0 Å². The lowest BCUT2D eigenvalue weighted by molar-refractivity contribution is 0.141. The van der Waals surface area contributed by atoms with E-state index in [1.165, 1.54) is 11.1 Å². The van der Waals surface area contributed by atoms with E-state index in [9.17, 15) is 0 Å². The first-order valence-corrected chi connectivity index (χ1v) is 8.44. The first-order chi connectivity index (χ1) is 11.9. The quantitative estimate of drug-likeness (QED) is 0.578. The molecule has 3 aromatic rings. The van der Waals surface area contributed by atoms with Gasteiger partial charge in [-0.1, -0.05) is 91.0 Å². The molecule has 0 aromatic heterocycles. The molecule has 2 unspecified atom stereocenters. The Hall–Kier alpha value is -2.80. The number of hydrogen-bond acceptors (Lipinski definition) is 1. The van der Waals surface area contributed by atoms with E-state index in [0.29, 0.717) is 5.92 Å². The fourth-order valence-electron chi connectivity index (χ4n) is 3.29. The van der Waals surface area contributed by atoms with Crippen molar-refractivity contribution in [2.24, 2.45) is 0 Å².